The standard InChI is InChI=1S/C22H26FN5O3/c1-15-12-26-19(13-25-15)22(31)28(14-16-2-4-18(23)5-3-16)11-8-20(29)27-9-6-17(7-10-27)21(24)30/h2-5,12-13,17H,6-11,14H2,1H3,(H2,24,30). The first kappa shape index (κ1) is 22.3. The van der Waals surface area contributed by atoms with Crippen molar-refractivity contribution in [3.8, 4) is 0 Å². The van der Waals surface area contributed by atoms with Crippen LogP contribution in [0.1, 0.15) is 41.0 Å². The van der Waals surface area contributed by atoms with Gasteiger partial charge in [0.15, 0.2) is 0 Å². The lowest BCUT2D eigenvalue weighted by Crippen LogP contribution is -2.43. The summed E-state index contributed by atoms with van der Waals surface area (Å²) in [5.41, 5.74) is 6.96. The molecule has 1 fully saturated rings. The number of halogens is 1. The Hall–Kier alpha value is -3.36. The van der Waals surface area contributed by atoms with Crippen LogP contribution >= 0.6 is 0 Å². The van der Waals surface area contributed by atoms with Crippen LogP contribution in [0.4, 0.5) is 4.39 Å². The number of carbonyl (C=O) groups excluding carboxylic acids is 3. The lowest BCUT2D eigenvalue weighted by Gasteiger charge is -2.31. The van der Waals surface area contributed by atoms with Crippen molar-refractivity contribution in [2.45, 2.75) is 32.7 Å². The summed E-state index contributed by atoms with van der Waals surface area (Å²) in [4.78, 5) is 48.5. The molecule has 0 radical (unpaired) electrons. The SMILES string of the molecule is Cc1cnc(C(=O)N(CCC(=O)N2CCC(C(N)=O)CC2)Cc2ccc(F)cc2)cn1. The van der Waals surface area contributed by atoms with E-state index in [-0.39, 0.29) is 54.7 Å². The number of amides is 3. The quantitative estimate of drug-likeness (QED) is 0.723. The molecule has 0 atom stereocenters. The predicted octanol–water partition coefficient (Wildman–Crippen LogP) is 1.68. The Bertz CT molecular complexity index is 925. The summed E-state index contributed by atoms with van der Waals surface area (Å²) in [7, 11) is 0. The minimum atomic E-state index is -0.361. The molecule has 1 aliphatic rings. The molecule has 3 amide bonds. The van der Waals surface area contributed by atoms with Crippen molar-refractivity contribution < 1.29 is 18.8 Å². The molecule has 2 heterocycles. The molecule has 0 spiro atoms. The second-order valence-corrected chi connectivity index (χ2v) is 7.70. The van der Waals surface area contributed by atoms with Gasteiger partial charge in [0.25, 0.3) is 5.91 Å². The average Bonchev–Trinajstić information content (AvgIpc) is 2.77. The van der Waals surface area contributed by atoms with Crippen LogP contribution < -0.4 is 5.73 Å². The number of piperidine rings is 1. The van der Waals surface area contributed by atoms with Crippen molar-refractivity contribution >= 4 is 17.7 Å². The summed E-state index contributed by atoms with van der Waals surface area (Å²) >= 11 is 0. The van der Waals surface area contributed by atoms with Crippen LogP contribution in [0.25, 0.3) is 0 Å². The first-order chi connectivity index (χ1) is 14.8. The fourth-order valence-corrected chi connectivity index (χ4v) is 3.53. The van der Waals surface area contributed by atoms with E-state index >= 15 is 0 Å². The molecule has 2 N–H and O–H groups in total. The van der Waals surface area contributed by atoms with Crippen LogP contribution in [-0.4, -0.2) is 57.1 Å². The third-order valence-corrected chi connectivity index (χ3v) is 5.42. The maximum Gasteiger partial charge on any atom is 0.274 e. The Balaban J connectivity index is 1.66. The summed E-state index contributed by atoms with van der Waals surface area (Å²) in [6.07, 6.45) is 4.16. The lowest BCUT2D eigenvalue weighted by atomic mass is 9.96. The molecule has 1 aromatic heterocycles. The number of rotatable bonds is 7. The molecule has 8 nitrogen and oxygen atoms in total. The number of hydrogen-bond donors (Lipinski definition) is 1. The van der Waals surface area contributed by atoms with Gasteiger partial charge >= 0.3 is 0 Å². The number of nitrogens with zero attached hydrogens (tertiary/aromatic N) is 4. The van der Waals surface area contributed by atoms with Gasteiger partial charge in [0.05, 0.1) is 11.9 Å². The molecule has 1 aromatic carbocycles. The van der Waals surface area contributed by atoms with E-state index in [1.807, 2.05) is 0 Å². The van der Waals surface area contributed by atoms with Gasteiger partial charge in [-0.1, -0.05) is 12.1 Å². The van der Waals surface area contributed by atoms with Crippen LogP contribution in [0.3, 0.4) is 0 Å². The van der Waals surface area contributed by atoms with E-state index in [0.29, 0.717) is 31.6 Å². The van der Waals surface area contributed by atoms with E-state index in [4.69, 9.17) is 5.73 Å². The summed E-state index contributed by atoms with van der Waals surface area (Å²) < 4.78 is 13.2. The lowest BCUT2D eigenvalue weighted by molar-refractivity contribution is -0.135. The Labute approximate surface area is 180 Å². The summed E-state index contributed by atoms with van der Waals surface area (Å²) in [6.45, 7) is 3.12. The van der Waals surface area contributed by atoms with Crippen LogP contribution in [-0.2, 0) is 16.1 Å². The molecule has 3 rings (SSSR count). The van der Waals surface area contributed by atoms with E-state index in [9.17, 15) is 18.8 Å². The van der Waals surface area contributed by atoms with Crippen molar-refractivity contribution in [2.75, 3.05) is 19.6 Å². The second kappa shape index (κ2) is 10.1. The minimum Gasteiger partial charge on any atom is -0.369 e. The molecule has 1 saturated heterocycles. The van der Waals surface area contributed by atoms with Gasteiger partial charge in [-0.3, -0.25) is 19.4 Å². The van der Waals surface area contributed by atoms with E-state index in [2.05, 4.69) is 9.97 Å². The topological polar surface area (TPSA) is 109 Å². The number of carbonyl (C=O) groups is 3. The fraction of sp³-hybridized carbons (Fsp3) is 0.409. The zero-order chi connectivity index (χ0) is 22.4. The van der Waals surface area contributed by atoms with E-state index in [0.717, 1.165) is 5.56 Å². The zero-order valence-electron chi connectivity index (χ0n) is 17.5. The number of primary amides is 1. The summed E-state index contributed by atoms with van der Waals surface area (Å²) in [6, 6.07) is 5.87. The monoisotopic (exact) mass is 427 g/mol. The Morgan fingerprint density at radius 1 is 1.13 bits per heavy atom. The molecular weight excluding hydrogens is 401 g/mol. The van der Waals surface area contributed by atoms with Gasteiger partial charge in [-0.05, 0) is 37.5 Å². The Morgan fingerprint density at radius 3 is 2.39 bits per heavy atom. The first-order valence-electron chi connectivity index (χ1n) is 10.2. The number of aromatic nitrogens is 2. The normalized spacial score (nSPS) is 14.3. The van der Waals surface area contributed by atoms with Gasteiger partial charge < -0.3 is 15.5 Å². The summed E-state index contributed by atoms with van der Waals surface area (Å²) in [5, 5.41) is 0. The van der Waals surface area contributed by atoms with E-state index in [1.54, 1.807) is 24.0 Å². The number of benzene rings is 1. The highest BCUT2D eigenvalue weighted by Crippen LogP contribution is 2.18. The zero-order valence-corrected chi connectivity index (χ0v) is 17.5. The maximum atomic E-state index is 13.2. The van der Waals surface area contributed by atoms with Crippen LogP contribution in [0.2, 0.25) is 0 Å². The fourth-order valence-electron chi connectivity index (χ4n) is 3.53. The molecule has 2 aromatic rings. The van der Waals surface area contributed by atoms with Gasteiger partial charge in [-0.15, -0.1) is 0 Å². The minimum absolute atomic E-state index is 0.0881. The van der Waals surface area contributed by atoms with Gasteiger partial charge in [-0.2, -0.15) is 0 Å². The third kappa shape index (κ3) is 6.07. The van der Waals surface area contributed by atoms with Gasteiger partial charge in [0.2, 0.25) is 11.8 Å². The largest absolute Gasteiger partial charge is 0.369 e. The molecule has 31 heavy (non-hydrogen) atoms. The van der Waals surface area contributed by atoms with Crippen molar-refractivity contribution in [3.63, 3.8) is 0 Å². The van der Waals surface area contributed by atoms with Gasteiger partial charge in [0.1, 0.15) is 11.5 Å². The van der Waals surface area contributed by atoms with Crippen molar-refractivity contribution in [1.29, 1.82) is 0 Å². The van der Waals surface area contributed by atoms with Gasteiger partial charge in [0, 0.05) is 44.7 Å². The van der Waals surface area contributed by atoms with Crippen LogP contribution in [0, 0.1) is 18.7 Å². The van der Waals surface area contributed by atoms with Crippen LogP contribution in [0.5, 0.6) is 0 Å². The molecule has 0 bridgehead atoms. The second-order valence-electron chi connectivity index (χ2n) is 7.70. The summed E-state index contributed by atoms with van der Waals surface area (Å²) in [5.74, 6) is -1.32. The molecule has 0 saturated carbocycles. The Morgan fingerprint density at radius 2 is 1.81 bits per heavy atom. The van der Waals surface area contributed by atoms with Crippen LogP contribution in [0.15, 0.2) is 36.7 Å². The van der Waals surface area contributed by atoms with Crippen molar-refractivity contribution in [1.82, 2.24) is 19.8 Å². The Kier molecular flexibility index (Phi) is 7.28. The van der Waals surface area contributed by atoms with Crippen molar-refractivity contribution in [3.05, 3.63) is 59.4 Å². The van der Waals surface area contributed by atoms with E-state index in [1.165, 1.54) is 29.4 Å². The molecule has 164 valence electrons. The molecule has 0 aliphatic carbocycles. The number of hydrogen-bond acceptors (Lipinski definition) is 5. The number of aryl methyl sites for hydroxylation is 1. The highest BCUT2D eigenvalue weighted by atomic mass is 19.1. The third-order valence-electron chi connectivity index (χ3n) is 5.42. The number of nitrogens with two attached hydrogens (primary N) is 1. The maximum absolute atomic E-state index is 13.2. The highest BCUT2D eigenvalue weighted by molar-refractivity contribution is 5.92. The van der Waals surface area contributed by atoms with E-state index < -0.39 is 0 Å². The number of likely N-dealkylation sites (tertiary alicyclic amines) is 1. The predicted molar refractivity (Wildman–Crippen MR) is 111 cm³/mol. The molecular formula is C22H26FN5O3. The molecule has 9 heteroatoms. The average molecular weight is 427 g/mol. The first-order valence-corrected chi connectivity index (χ1v) is 10.2. The molecule has 1 aliphatic heterocycles. The highest BCUT2D eigenvalue weighted by Gasteiger charge is 2.26. The molecule has 0 unspecified atom stereocenters. The smallest absolute Gasteiger partial charge is 0.274 e. The van der Waals surface area contributed by atoms with Gasteiger partial charge in [-0.25, -0.2) is 9.37 Å². The van der Waals surface area contributed by atoms with Crippen molar-refractivity contribution in [2.24, 2.45) is 11.7 Å².